The maximum absolute atomic E-state index is 12.5. The Morgan fingerprint density at radius 1 is 1.30 bits per heavy atom. The molecule has 0 radical (unpaired) electrons. The zero-order chi connectivity index (χ0) is 16.7. The van der Waals surface area contributed by atoms with Crippen molar-refractivity contribution in [3.63, 3.8) is 0 Å². The molecule has 132 valence electrons. The number of nitrogens with zero attached hydrogens (tertiary/aromatic N) is 1. The second-order valence-corrected chi connectivity index (χ2v) is 9.25. The summed E-state index contributed by atoms with van der Waals surface area (Å²) < 4.78 is 30.4. The molecular formula is C16H28N2O4S. The maximum atomic E-state index is 12.5. The third kappa shape index (κ3) is 3.15. The highest BCUT2D eigenvalue weighted by Gasteiger charge is 2.59. The Morgan fingerprint density at radius 2 is 1.96 bits per heavy atom. The van der Waals surface area contributed by atoms with Crippen LogP contribution in [0.3, 0.4) is 0 Å². The summed E-state index contributed by atoms with van der Waals surface area (Å²) in [5, 5.41) is 3.23. The zero-order valence-electron chi connectivity index (χ0n) is 14.1. The average molecular weight is 344 g/mol. The van der Waals surface area contributed by atoms with Gasteiger partial charge >= 0.3 is 0 Å². The van der Waals surface area contributed by atoms with Crippen molar-refractivity contribution in [1.29, 1.82) is 0 Å². The summed E-state index contributed by atoms with van der Waals surface area (Å²) in [4.78, 5) is 12.5. The molecule has 0 aromatic carbocycles. The van der Waals surface area contributed by atoms with Crippen LogP contribution in [-0.4, -0.2) is 56.7 Å². The van der Waals surface area contributed by atoms with E-state index in [1.807, 2.05) is 6.92 Å². The van der Waals surface area contributed by atoms with Gasteiger partial charge in [0.05, 0.1) is 12.4 Å². The van der Waals surface area contributed by atoms with Crippen LogP contribution in [0.15, 0.2) is 0 Å². The summed E-state index contributed by atoms with van der Waals surface area (Å²) in [5.74, 6) is 0.0423. The number of nitrogens with one attached hydrogen (secondary N) is 1. The number of rotatable bonds is 5. The van der Waals surface area contributed by atoms with Crippen molar-refractivity contribution in [1.82, 2.24) is 9.62 Å². The Labute approximate surface area is 139 Å². The van der Waals surface area contributed by atoms with E-state index in [0.717, 1.165) is 25.9 Å². The monoisotopic (exact) mass is 344 g/mol. The van der Waals surface area contributed by atoms with Crippen molar-refractivity contribution < 1.29 is 17.9 Å². The van der Waals surface area contributed by atoms with E-state index in [4.69, 9.17) is 4.74 Å². The van der Waals surface area contributed by atoms with E-state index in [1.165, 1.54) is 17.0 Å². The average Bonchev–Trinajstić information content (AvgIpc) is 2.43. The molecule has 2 aliphatic carbocycles. The van der Waals surface area contributed by atoms with Crippen molar-refractivity contribution in [3.8, 4) is 0 Å². The summed E-state index contributed by atoms with van der Waals surface area (Å²) >= 11 is 0. The van der Waals surface area contributed by atoms with Crippen LogP contribution in [0, 0.1) is 11.3 Å². The van der Waals surface area contributed by atoms with Crippen LogP contribution >= 0.6 is 0 Å². The number of ether oxygens (including phenoxy) is 1. The molecule has 1 heterocycles. The zero-order valence-corrected chi connectivity index (χ0v) is 14.9. The molecule has 0 unspecified atom stereocenters. The first-order chi connectivity index (χ1) is 10.9. The van der Waals surface area contributed by atoms with Crippen LogP contribution in [0.1, 0.15) is 45.4 Å². The van der Waals surface area contributed by atoms with Gasteiger partial charge in [-0.1, -0.05) is 6.42 Å². The summed E-state index contributed by atoms with van der Waals surface area (Å²) in [5.41, 5.74) is 0.180. The van der Waals surface area contributed by atoms with E-state index >= 15 is 0 Å². The van der Waals surface area contributed by atoms with E-state index in [9.17, 15) is 13.2 Å². The number of hydrogen-bond acceptors (Lipinski definition) is 4. The lowest BCUT2D eigenvalue weighted by atomic mass is 9.51. The van der Waals surface area contributed by atoms with Gasteiger partial charge in [-0.3, -0.25) is 4.79 Å². The second-order valence-electron chi connectivity index (χ2n) is 7.26. The first kappa shape index (κ1) is 17.2. The van der Waals surface area contributed by atoms with Crippen LogP contribution in [0.4, 0.5) is 0 Å². The molecule has 2 saturated carbocycles. The topological polar surface area (TPSA) is 75.7 Å². The maximum Gasteiger partial charge on any atom is 0.223 e. The van der Waals surface area contributed by atoms with Crippen LogP contribution in [-0.2, 0) is 19.6 Å². The lowest BCUT2D eigenvalue weighted by molar-refractivity contribution is -0.177. The molecule has 2 atom stereocenters. The highest BCUT2D eigenvalue weighted by atomic mass is 32.2. The van der Waals surface area contributed by atoms with Gasteiger partial charge in [-0.15, -0.1) is 0 Å². The van der Waals surface area contributed by atoms with Gasteiger partial charge in [0.1, 0.15) is 0 Å². The Balaban J connectivity index is 1.51. The predicted molar refractivity (Wildman–Crippen MR) is 87.4 cm³/mol. The molecule has 1 amide bonds. The third-order valence-corrected chi connectivity index (χ3v) is 7.35. The van der Waals surface area contributed by atoms with Gasteiger partial charge < -0.3 is 10.1 Å². The van der Waals surface area contributed by atoms with Crippen LogP contribution in [0.5, 0.6) is 0 Å². The summed E-state index contributed by atoms with van der Waals surface area (Å²) in [6, 6.07) is 0.244. The molecule has 3 fully saturated rings. The normalized spacial score (nSPS) is 31.4. The SMILES string of the molecule is CCO[C@H]1C[C@@H](NC(=O)C2CCN(S(C)(=O)=O)CC2)C12CCC2. The van der Waals surface area contributed by atoms with Crippen molar-refractivity contribution in [3.05, 3.63) is 0 Å². The van der Waals surface area contributed by atoms with Crippen LogP contribution in [0.2, 0.25) is 0 Å². The van der Waals surface area contributed by atoms with Crippen LogP contribution in [0.25, 0.3) is 0 Å². The minimum Gasteiger partial charge on any atom is -0.378 e. The number of carbonyl (C=O) groups excluding carboxylic acids is 1. The quantitative estimate of drug-likeness (QED) is 0.811. The number of piperidine rings is 1. The van der Waals surface area contributed by atoms with E-state index in [-0.39, 0.29) is 23.3 Å². The first-order valence-electron chi connectivity index (χ1n) is 8.74. The first-order valence-corrected chi connectivity index (χ1v) is 10.6. The minimum absolute atomic E-state index is 0.0590. The Hall–Kier alpha value is -0.660. The Kier molecular flexibility index (Phi) is 4.73. The minimum atomic E-state index is -3.13. The number of carbonyl (C=O) groups is 1. The Bertz CT molecular complexity index is 550. The van der Waals surface area contributed by atoms with Gasteiger partial charge in [0.25, 0.3) is 0 Å². The molecule has 1 spiro atoms. The van der Waals surface area contributed by atoms with Gasteiger partial charge in [0.15, 0.2) is 0 Å². The van der Waals surface area contributed by atoms with Gasteiger partial charge in [0.2, 0.25) is 15.9 Å². The molecule has 6 nitrogen and oxygen atoms in total. The fourth-order valence-corrected chi connectivity index (χ4v) is 5.25. The molecule has 7 heteroatoms. The fourth-order valence-electron chi connectivity index (χ4n) is 4.38. The van der Waals surface area contributed by atoms with Crippen molar-refractivity contribution in [2.24, 2.45) is 11.3 Å². The fraction of sp³-hybridized carbons (Fsp3) is 0.938. The largest absolute Gasteiger partial charge is 0.378 e. The number of amides is 1. The van der Waals surface area contributed by atoms with E-state index in [0.29, 0.717) is 32.0 Å². The lowest BCUT2D eigenvalue weighted by Gasteiger charge is -2.61. The molecule has 0 aromatic heterocycles. The van der Waals surface area contributed by atoms with E-state index < -0.39 is 10.0 Å². The smallest absolute Gasteiger partial charge is 0.223 e. The highest BCUT2D eigenvalue weighted by Crippen LogP contribution is 2.57. The predicted octanol–water partition coefficient (Wildman–Crippen LogP) is 1.12. The van der Waals surface area contributed by atoms with Gasteiger partial charge in [0, 0.05) is 37.1 Å². The number of hydrogen-bond donors (Lipinski definition) is 1. The van der Waals surface area contributed by atoms with E-state index in [1.54, 1.807) is 0 Å². The Morgan fingerprint density at radius 3 is 2.43 bits per heavy atom. The lowest BCUT2D eigenvalue weighted by Crippen LogP contribution is -2.68. The van der Waals surface area contributed by atoms with Crippen molar-refractivity contribution >= 4 is 15.9 Å². The molecule has 3 aliphatic rings. The van der Waals surface area contributed by atoms with Crippen molar-refractivity contribution in [2.45, 2.75) is 57.6 Å². The molecule has 0 aromatic rings. The van der Waals surface area contributed by atoms with Gasteiger partial charge in [-0.2, -0.15) is 0 Å². The highest BCUT2D eigenvalue weighted by molar-refractivity contribution is 7.88. The second kappa shape index (κ2) is 6.33. The summed E-state index contributed by atoms with van der Waals surface area (Å²) in [7, 11) is -3.13. The molecule has 23 heavy (non-hydrogen) atoms. The van der Waals surface area contributed by atoms with Gasteiger partial charge in [-0.25, -0.2) is 12.7 Å². The standard InChI is InChI=1S/C16H28N2O4S/c1-3-22-14-11-13(16(14)7-4-8-16)17-15(19)12-5-9-18(10-6-12)23(2,20)21/h12-14H,3-11H2,1-2H3,(H,17,19)/t13-,14+/m1/s1. The summed E-state index contributed by atoms with van der Waals surface area (Å²) in [6.07, 6.45) is 7.21. The number of sulfonamides is 1. The molecular weight excluding hydrogens is 316 g/mol. The van der Waals surface area contributed by atoms with Crippen LogP contribution < -0.4 is 5.32 Å². The van der Waals surface area contributed by atoms with Gasteiger partial charge in [-0.05, 0) is 39.0 Å². The van der Waals surface area contributed by atoms with E-state index in [2.05, 4.69) is 5.32 Å². The van der Waals surface area contributed by atoms with Crippen molar-refractivity contribution in [2.75, 3.05) is 26.0 Å². The molecule has 3 rings (SSSR count). The molecule has 1 saturated heterocycles. The molecule has 0 bridgehead atoms. The third-order valence-electron chi connectivity index (χ3n) is 6.05. The molecule has 1 aliphatic heterocycles. The summed E-state index contributed by atoms with van der Waals surface area (Å²) in [6.45, 7) is 3.66. The molecule has 1 N–H and O–H groups in total.